The van der Waals surface area contributed by atoms with Crippen LogP contribution in [0.15, 0.2) is 77.7 Å². The molecule has 0 atom stereocenters. The topological polar surface area (TPSA) is 84.9 Å². The van der Waals surface area contributed by atoms with Gasteiger partial charge in [0.05, 0.1) is 23.7 Å². The van der Waals surface area contributed by atoms with E-state index in [9.17, 15) is 13.2 Å². The predicted molar refractivity (Wildman–Crippen MR) is 133 cm³/mol. The SMILES string of the molecule is CCOc1ccc(S(=O)(=O)N(CC(=O)NCCOc2cccc(C)c2)c2ccc(C)cc2)cc1. The number of hydrogen-bond acceptors (Lipinski definition) is 5. The van der Waals surface area contributed by atoms with Crippen LogP contribution in [0.2, 0.25) is 0 Å². The number of carbonyl (C=O) groups excluding carboxylic acids is 1. The second kappa shape index (κ2) is 11.6. The number of nitrogens with zero attached hydrogens (tertiary/aromatic N) is 1. The second-order valence-corrected chi connectivity index (χ2v) is 9.63. The maximum absolute atomic E-state index is 13.4. The number of ether oxygens (including phenoxy) is 2. The summed E-state index contributed by atoms with van der Waals surface area (Å²) < 4.78 is 39.1. The van der Waals surface area contributed by atoms with Crippen LogP contribution in [0.25, 0.3) is 0 Å². The quantitative estimate of drug-likeness (QED) is 0.416. The van der Waals surface area contributed by atoms with Crippen molar-refractivity contribution in [2.45, 2.75) is 25.7 Å². The molecule has 0 aliphatic carbocycles. The molecule has 8 heteroatoms. The van der Waals surface area contributed by atoms with E-state index in [0.717, 1.165) is 15.4 Å². The lowest BCUT2D eigenvalue weighted by Crippen LogP contribution is -2.41. The maximum atomic E-state index is 13.4. The number of rotatable bonds is 11. The molecular formula is C26H30N2O5S. The molecule has 0 heterocycles. The fourth-order valence-corrected chi connectivity index (χ4v) is 4.70. The van der Waals surface area contributed by atoms with Crippen LogP contribution < -0.4 is 19.1 Å². The zero-order chi connectivity index (χ0) is 24.6. The van der Waals surface area contributed by atoms with Crippen molar-refractivity contribution >= 4 is 21.6 Å². The van der Waals surface area contributed by atoms with E-state index < -0.39 is 15.9 Å². The summed E-state index contributed by atoms with van der Waals surface area (Å²) in [5, 5.41) is 2.74. The highest BCUT2D eigenvalue weighted by molar-refractivity contribution is 7.92. The zero-order valence-corrected chi connectivity index (χ0v) is 20.5. The van der Waals surface area contributed by atoms with Gasteiger partial charge in [-0.1, -0.05) is 29.8 Å². The second-order valence-electron chi connectivity index (χ2n) is 7.77. The largest absolute Gasteiger partial charge is 0.494 e. The average molecular weight is 483 g/mol. The highest BCUT2D eigenvalue weighted by Crippen LogP contribution is 2.25. The first kappa shape index (κ1) is 25.1. The van der Waals surface area contributed by atoms with Crippen LogP contribution in [0, 0.1) is 13.8 Å². The van der Waals surface area contributed by atoms with Crippen LogP contribution in [0.1, 0.15) is 18.1 Å². The summed E-state index contributed by atoms with van der Waals surface area (Å²) in [5.41, 5.74) is 2.47. The van der Waals surface area contributed by atoms with Gasteiger partial charge >= 0.3 is 0 Å². The maximum Gasteiger partial charge on any atom is 0.264 e. The average Bonchev–Trinajstić information content (AvgIpc) is 2.82. The minimum atomic E-state index is -3.99. The Kier molecular flexibility index (Phi) is 8.54. The lowest BCUT2D eigenvalue weighted by molar-refractivity contribution is -0.119. The van der Waals surface area contributed by atoms with Crippen LogP contribution >= 0.6 is 0 Å². The van der Waals surface area contributed by atoms with Crippen molar-refractivity contribution in [1.29, 1.82) is 0 Å². The van der Waals surface area contributed by atoms with E-state index in [4.69, 9.17) is 9.47 Å². The lowest BCUT2D eigenvalue weighted by atomic mass is 10.2. The molecule has 7 nitrogen and oxygen atoms in total. The summed E-state index contributed by atoms with van der Waals surface area (Å²) >= 11 is 0. The van der Waals surface area contributed by atoms with E-state index in [2.05, 4.69) is 5.32 Å². The van der Waals surface area contributed by atoms with Gasteiger partial charge in [0.2, 0.25) is 5.91 Å². The molecule has 0 bridgehead atoms. The first-order valence-electron chi connectivity index (χ1n) is 11.1. The van der Waals surface area contributed by atoms with Crippen LogP contribution in [-0.4, -0.2) is 40.6 Å². The summed E-state index contributed by atoms with van der Waals surface area (Å²) in [6.07, 6.45) is 0. The molecule has 0 aliphatic rings. The summed E-state index contributed by atoms with van der Waals surface area (Å²) in [5.74, 6) is 0.867. The van der Waals surface area contributed by atoms with E-state index in [1.807, 2.05) is 57.2 Å². The Morgan fingerprint density at radius 2 is 1.59 bits per heavy atom. The Bertz CT molecular complexity index is 1190. The van der Waals surface area contributed by atoms with Crippen molar-refractivity contribution in [3.63, 3.8) is 0 Å². The Morgan fingerprint density at radius 1 is 0.882 bits per heavy atom. The van der Waals surface area contributed by atoms with Crippen molar-refractivity contribution in [2.75, 3.05) is 30.6 Å². The number of aryl methyl sites for hydroxylation is 2. The van der Waals surface area contributed by atoms with Crippen LogP contribution in [0.5, 0.6) is 11.5 Å². The Labute approximate surface area is 201 Å². The zero-order valence-electron chi connectivity index (χ0n) is 19.7. The molecule has 0 unspecified atom stereocenters. The highest BCUT2D eigenvalue weighted by Gasteiger charge is 2.27. The number of carbonyl (C=O) groups is 1. The van der Waals surface area contributed by atoms with Crippen molar-refractivity contribution < 1.29 is 22.7 Å². The highest BCUT2D eigenvalue weighted by atomic mass is 32.2. The number of hydrogen-bond donors (Lipinski definition) is 1. The monoisotopic (exact) mass is 482 g/mol. The standard InChI is InChI=1S/C26H30N2O5S/c1-4-32-23-12-14-25(15-13-23)34(30,31)28(22-10-8-20(2)9-11-22)19-26(29)27-16-17-33-24-7-5-6-21(3)18-24/h5-15,18H,4,16-17,19H2,1-3H3,(H,27,29). The predicted octanol–water partition coefficient (Wildman–Crippen LogP) is 4.09. The molecule has 0 saturated heterocycles. The van der Waals surface area contributed by atoms with Gasteiger partial charge in [0.1, 0.15) is 24.7 Å². The number of sulfonamides is 1. The van der Waals surface area contributed by atoms with Gasteiger partial charge in [-0.3, -0.25) is 9.10 Å². The van der Waals surface area contributed by atoms with Gasteiger partial charge in [-0.2, -0.15) is 0 Å². The molecule has 3 aromatic rings. The Morgan fingerprint density at radius 3 is 2.24 bits per heavy atom. The van der Waals surface area contributed by atoms with E-state index in [-0.39, 0.29) is 24.6 Å². The fourth-order valence-electron chi connectivity index (χ4n) is 3.28. The van der Waals surface area contributed by atoms with Gasteiger partial charge in [-0.25, -0.2) is 8.42 Å². The first-order valence-corrected chi connectivity index (χ1v) is 12.5. The Balaban J connectivity index is 1.71. The molecule has 0 radical (unpaired) electrons. The van der Waals surface area contributed by atoms with E-state index in [0.29, 0.717) is 23.8 Å². The molecule has 1 amide bonds. The van der Waals surface area contributed by atoms with Gasteiger partial charge in [-0.15, -0.1) is 0 Å². The van der Waals surface area contributed by atoms with Crippen molar-refractivity contribution in [3.8, 4) is 11.5 Å². The van der Waals surface area contributed by atoms with Gasteiger partial charge in [-0.05, 0) is 74.9 Å². The molecule has 0 aromatic heterocycles. The Hall–Kier alpha value is -3.52. The molecule has 3 rings (SSSR count). The van der Waals surface area contributed by atoms with E-state index in [1.54, 1.807) is 24.3 Å². The van der Waals surface area contributed by atoms with Crippen molar-refractivity contribution in [3.05, 3.63) is 83.9 Å². The molecular weight excluding hydrogens is 452 g/mol. The van der Waals surface area contributed by atoms with Crippen molar-refractivity contribution in [1.82, 2.24) is 5.32 Å². The molecule has 0 aliphatic heterocycles. The number of anilines is 1. The van der Waals surface area contributed by atoms with Gasteiger partial charge in [0, 0.05) is 0 Å². The third-order valence-electron chi connectivity index (χ3n) is 5.01. The number of nitrogens with one attached hydrogen (secondary N) is 1. The molecule has 3 aromatic carbocycles. The normalized spacial score (nSPS) is 11.0. The fraction of sp³-hybridized carbons (Fsp3) is 0.269. The molecule has 0 spiro atoms. The molecule has 1 N–H and O–H groups in total. The summed E-state index contributed by atoms with van der Waals surface area (Å²) in [7, 11) is -3.99. The third-order valence-corrected chi connectivity index (χ3v) is 6.80. The van der Waals surface area contributed by atoms with Crippen molar-refractivity contribution in [2.24, 2.45) is 0 Å². The van der Waals surface area contributed by atoms with Crippen LogP contribution in [0.3, 0.4) is 0 Å². The minimum absolute atomic E-state index is 0.0760. The molecule has 0 fully saturated rings. The third kappa shape index (κ3) is 6.74. The van der Waals surface area contributed by atoms with Gasteiger partial charge < -0.3 is 14.8 Å². The molecule has 180 valence electrons. The van der Waals surface area contributed by atoms with Crippen LogP contribution in [-0.2, 0) is 14.8 Å². The van der Waals surface area contributed by atoms with E-state index >= 15 is 0 Å². The summed E-state index contributed by atoms with van der Waals surface area (Å²) in [6.45, 7) is 6.38. The minimum Gasteiger partial charge on any atom is -0.494 e. The smallest absolute Gasteiger partial charge is 0.264 e. The molecule has 0 saturated carbocycles. The summed E-state index contributed by atoms with van der Waals surface area (Å²) in [4.78, 5) is 12.8. The van der Waals surface area contributed by atoms with Gasteiger partial charge in [0.25, 0.3) is 10.0 Å². The lowest BCUT2D eigenvalue weighted by Gasteiger charge is -2.24. The molecule has 34 heavy (non-hydrogen) atoms. The van der Waals surface area contributed by atoms with Crippen LogP contribution in [0.4, 0.5) is 5.69 Å². The number of amides is 1. The summed E-state index contributed by atoms with van der Waals surface area (Å²) in [6, 6.07) is 20.8. The van der Waals surface area contributed by atoms with Gasteiger partial charge in [0.15, 0.2) is 0 Å². The first-order chi connectivity index (χ1) is 16.3. The number of benzene rings is 3. The van der Waals surface area contributed by atoms with E-state index in [1.165, 1.54) is 12.1 Å².